The topological polar surface area (TPSA) is 50.5 Å². The van der Waals surface area contributed by atoms with Crippen molar-refractivity contribution in [3.05, 3.63) is 71.3 Å². The Balaban J connectivity index is 1.63. The van der Waals surface area contributed by atoms with Crippen LogP contribution in [0.3, 0.4) is 0 Å². The number of nitrogens with zero attached hydrogens (tertiary/aromatic N) is 3. The lowest BCUT2D eigenvalue weighted by Crippen LogP contribution is -2.33. The average Bonchev–Trinajstić information content (AvgIpc) is 2.77. The molecule has 4 nitrogen and oxygen atoms in total. The minimum atomic E-state index is -0.370. The second kappa shape index (κ2) is 8.07. The van der Waals surface area contributed by atoms with Gasteiger partial charge >= 0.3 is 0 Å². The highest BCUT2D eigenvalue weighted by atomic mass is 16.3. The number of aliphatic hydroxyl groups excluding tert-OH is 1. The van der Waals surface area contributed by atoms with Crippen LogP contribution in [0.2, 0.25) is 0 Å². The van der Waals surface area contributed by atoms with Crippen LogP contribution in [0, 0.1) is 11.3 Å². The van der Waals surface area contributed by atoms with Crippen molar-refractivity contribution in [2.75, 3.05) is 26.2 Å². The number of rotatable bonds is 4. The van der Waals surface area contributed by atoms with Gasteiger partial charge < -0.3 is 5.11 Å². The Labute approximate surface area is 143 Å². The lowest BCUT2D eigenvalue weighted by atomic mass is 10.1. The summed E-state index contributed by atoms with van der Waals surface area (Å²) in [5.41, 5.74) is 3.02. The highest BCUT2D eigenvalue weighted by molar-refractivity contribution is 5.37. The predicted molar refractivity (Wildman–Crippen MR) is 94.2 cm³/mol. The van der Waals surface area contributed by atoms with Crippen LogP contribution in [0.25, 0.3) is 0 Å². The van der Waals surface area contributed by atoms with Gasteiger partial charge in [-0.05, 0) is 17.2 Å². The first-order chi connectivity index (χ1) is 11.7. The van der Waals surface area contributed by atoms with E-state index in [9.17, 15) is 10.4 Å². The van der Waals surface area contributed by atoms with Crippen LogP contribution in [0.15, 0.2) is 54.6 Å². The molecule has 4 heteroatoms. The standard InChI is InChI=1S/C20H23N3O/c21-12-18-8-4-5-9-19(18)14-23-11-10-22(15-20(24)16-23)13-17-6-2-1-3-7-17/h1-9,20,24H,10-11,13-16H2/t20-/m0/s1. The number of aliphatic hydroxyl groups is 1. The van der Waals surface area contributed by atoms with Crippen molar-refractivity contribution in [1.29, 1.82) is 5.26 Å². The molecule has 1 aliphatic rings. The van der Waals surface area contributed by atoms with Gasteiger partial charge in [-0.15, -0.1) is 0 Å². The maximum absolute atomic E-state index is 10.4. The zero-order chi connectivity index (χ0) is 16.8. The van der Waals surface area contributed by atoms with E-state index in [-0.39, 0.29) is 6.10 Å². The Morgan fingerprint density at radius 2 is 1.54 bits per heavy atom. The summed E-state index contributed by atoms with van der Waals surface area (Å²) >= 11 is 0. The van der Waals surface area contributed by atoms with Crippen LogP contribution in [0.4, 0.5) is 0 Å². The summed E-state index contributed by atoms with van der Waals surface area (Å²) in [5, 5.41) is 19.6. The van der Waals surface area contributed by atoms with E-state index in [0.717, 1.165) is 30.8 Å². The van der Waals surface area contributed by atoms with Crippen molar-refractivity contribution in [3.63, 3.8) is 0 Å². The van der Waals surface area contributed by atoms with Gasteiger partial charge in [-0.25, -0.2) is 0 Å². The van der Waals surface area contributed by atoms with E-state index in [1.165, 1.54) is 5.56 Å². The smallest absolute Gasteiger partial charge is 0.0995 e. The molecule has 124 valence electrons. The van der Waals surface area contributed by atoms with Gasteiger partial charge in [-0.2, -0.15) is 5.26 Å². The third kappa shape index (κ3) is 4.42. The van der Waals surface area contributed by atoms with Crippen LogP contribution >= 0.6 is 0 Å². The summed E-state index contributed by atoms with van der Waals surface area (Å²) in [6.45, 7) is 4.71. The first-order valence-corrected chi connectivity index (χ1v) is 8.39. The van der Waals surface area contributed by atoms with Gasteiger partial charge in [0.1, 0.15) is 0 Å². The minimum Gasteiger partial charge on any atom is -0.390 e. The average molecular weight is 321 g/mol. The molecule has 0 aromatic heterocycles. The van der Waals surface area contributed by atoms with Crippen molar-refractivity contribution in [3.8, 4) is 6.07 Å². The Morgan fingerprint density at radius 1 is 0.917 bits per heavy atom. The van der Waals surface area contributed by atoms with E-state index in [1.54, 1.807) is 0 Å². The van der Waals surface area contributed by atoms with Crippen molar-refractivity contribution < 1.29 is 5.11 Å². The van der Waals surface area contributed by atoms with Crippen molar-refractivity contribution in [2.45, 2.75) is 19.2 Å². The maximum atomic E-state index is 10.4. The molecule has 3 rings (SSSR count). The van der Waals surface area contributed by atoms with Gasteiger partial charge in [0, 0.05) is 39.3 Å². The van der Waals surface area contributed by atoms with Gasteiger partial charge in [-0.3, -0.25) is 9.80 Å². The molecular weight excluding hydrogens is 298 g/mol. The summed E-state index contributed by atoms with van der Waals surface area (Å²) in [6, 6.07) is 20.3. The number of nitriles is 1. The highest BCUT2D eigenvalue weighted by Crippen LogP contribution is 2.14. The fraction of sp³-hybridized carbons (Fsp3) is 0.350. The summed E-state index contributed by atoms with van der Waals surface area (Å²) in [6.07, 6.45) is -0.370. The van der Waals surface area contributed by atoms with Crippen LogP contribution < -0.4 is 0 Å². The van der Waals surface area contributed by atoms with Gasteiger partial charge in [0.2, 0.25) is 0 Å². The molecule has 0 radical (unpaired) electrons. The molecule has 2 aromatic carbocycles. The van der Waals surface area contributed by atoms with Crippen molar-refractivity contribution >= 4 is 0 Å². The SMILES string of the molecule is N#Cc1ccccc1CN1CCN(Cc2ccccc2)C[C@H](O)C1. The van der Waals surface area contributed by atoms with E-state index in [2.05, 4.69) is 40.1 Å². The molecule has 1 atom stereocenters. The largest absolute Gasteiger partial charge is 0.390 e. The van der Waals surface area contributed by atoms with Crippen LogP contribution in [0.1, 0.15) is 16.7 Å². The molecule has 2 aromatic rings. The van der Waals surface area contributed by atoms with E-state index in [0.29, 0.717) is 19.6 Å². The predicted octanol–water partition coefficient (Wildman–Crippen LogP) is 2.24. The molecule has 0 unspecified atom stereocenters. The number of hydrogen-bond acceptors (Lipinski definition) is 4. The van der Waals surface area contributed by atoms with Crippen molar-refractivity contribution in [1.82, 2.24) is 9.80 Å². The second-order valence-electron chi connectivity index (χ2n) is 6.38. The second-order valence-corrected chi connectivity index (χ2v) is 6.38. The van der Waals surface area contributed by atoms with Gasteiger partial charge in [0.05, 0.1) is 17.7 Å². The molecule has 1 N–H and O–H groups in total. The van der Waals surface area contributed by atoms with Crippen LogP contribution in [-0.4, -0.2) is 47.2 Å². The highest BCUT2D eigenvalue weighted by Gasteiger charge is 2.21. The normalized spacial score (nSPS) is 19.6. The van der Waals surface area contributed by atoms with Crippen molar-refractivity contribution in [2.24, 2.45) is 0 Å². The fourth-order valence-electron chi connectivity index (χ4n) is 3.26. The molecule has 1 saturated heterocycles. The zero-order valence-electron chi connectivity index (χ0n) is 13.8. The number of β-amino-alcohol motifs (C(OH)–C–C–N with tert-alkyl or cyclic N) is 1. The van der Waals surface area contributed by atoms with Gasteiger partial charge in [0.25, 0.3) is 0 Å². The summed E-state index contributed by atoms with van der Waals surface area (Å²) in [7, 11) is 0. The third-order valence-corrected chi connectivity index (χ3v) is 4.45. The van der Waals surface area contributed by atoms with E-state index < -0.39 is 0 Å². The minimum absolute atomic E-state index is 0.370. The third-order valence-electron chi connectivity index (χ3n) is 4.45. The fourth-order valence-corrected chi connectivity index (χ4v) is 3.26. The quantitative estimate of drug-likeness (QED) is 0.938. The lowest BCUT2D eigenvalue weighted by Gasteiger charge is -2.22. The Morgan fingerprint density at radius 3 is 2.25 bits per heavy atom. The van der Waals surface area contributed by atoms with Gasteiger partial charge in [-0.1, -0.05) is 48.5 Å². The monoisotopic (exact) mass is 321 g/mol. The summed E-state index contributed by atoms with van der Waals surface area (Å²) in [5.74, 6) is 0. The Kier molecular flexibility index (Phi) is 5.60. The molecule has 1 heterocycles. The maximum Gasteiger partial charge on any atom is 0.0995 e. The summed E-state index contributed by atoms with van der Waals surface area (Å²) in [4.78, 5) is 4.54. The Bertz CT molecular complexity index is 696. The zero-order valence-corrected chi connectivity index (χ0v) is 13.8. The van der Waals surface area contributed by atoms with E-state index >= 15 is 0 Å². The number of hydrogen-bond donors (Lipinski definition) is 1. The molecular formula is C20H23N3O. The molecule has 0 spiro atoms. The van der Waals surface area contributed by atoms with Crippen LogP contribution in [0.5, 0.6) is 0 Å². The number of benzene rings is 2. The molecule has 24 heavy (non-hydrogen) atoms. The molecule has 0 amide bonds. The summed E-state index contributed by atoms with van der Waals surface area (Å²) < 4.78 is 0. The van der Waals surface area contributed by atoms with Crippen LogP contribution in [-0.2, 0) is 13.1 Å². The van der Waals surface area contributed by atoms with E-state index in [1.807, 2.05) is 30.3 Å². The molecule has 0 aliphatic carbocycles. The molecule has 0 bridgehead atoms. The molecule has 0 saturated carbocycles. The van der Waals surface area contributed by atoms with Gasteiger partial charge in [0.15, 0.2) is 0 Å². The first-order valence-electron chi connectivity index (χ1n) is 8.39. The molecule has 1 fully saturated rings. The van der Waals surface area contributed by atoms with E-state index in [4.69, 9.17) is 0 Å². The lowest BCUT2D eigenvalue weighted by molar-refractivity contribution is 0.106. The first kappa shape index (κ1) is 16.7. The Hall–Kier alpha value is -2.19. The molecule has 1 aliphatic heterocycles.